The van der Waals surface area contributed by atoms with Crippen LogP contribution in [0.2, 0.25) is 0 Å². The molecule has 1 aliphatic heterocycles. The van der Waals surface area contributed by atoms with Crippen molar-refractivity contribution in [1.29, 1.82) is 0 Å². The van der Waals surface area contributed by atoms with Gasteiger partial charge in [-0.1, -0.05) is 63.2 Å². The molecule has 1 unspecified atom stereocenters. The first-order valence-electron chi connectivity index (χ1n) is 10.2. The van der Waals surface area contributed by atoms with Crippen LogP contribution in [0.1, 0.15) is 45.7 Å². The topological polar surface area (TPSA) is 69.7 Å². The Hall–Kier alpha value is -3.15. The third-order valence-corrected chi connectivity index (χ3v) is 5.58. The molecule has 1 saturated heterocycles. The van der Waals surface area contributed by atoms with Gasteiger partial charge in [-0.05, 0) is 42.5 Å². The predicted molar refractivity (Wildman–Crippen MR) is 117 cm³/mol. The highest BCUT2D eigenvalue weighted by molar-refractivity contribution is 6.10. The van der Waals surface area contributed by atoms with Crippen molar-refractivity contribution in [3.63, 3.8) is 0 Å². The first-order chi connectivity index (χ1) is 14.1. The number of imide groups is 1. The Labute approximate surface area is 177 Å². The summed E-state index contributed by atoms with van der Waals surface area (Å²) in [5.74, 6) is -0.729. The molecule has 0 bridgehead atoms. The Balaban J connectivity index is 1.81. The Morgan fingerprint density at radius 1 is 1.03 bits per heavy atom. The van der Waals surface area contributed by atoms with Crippen molar-refractivity contribution in [1.82, 2.24) is 10.2 Å². The van der Waals surface area contributed by atoms with E-state index in [-0.39, 0.29) is 17.9 Å². The molecule has 1 aliphatic rings. The molecule has 1 N–H and O–H groups in total. The van der Waals surface area contributed by atoms with Gasteiger partial charge in [-0.3, -0.25) is 14.5 Å². The van der Waals surface area contributed by atoms with E-state index in [9.17, 15) is 14.4 Å². The van der Waals surface area contributed by atoms with E-state index >= 15 is 0 Å². The molecule has 0 aliphatic carbocycles. The number of hydrogen-bond acceptors (Lipinski definition) is 3. The number of benzene rings is 2. The number of hydrogen-bond donors (Lipinski definition) is 1. The molecule has 0 saturated carbocycles. The van der Waals surface area contributed by atoms with Crippen LogP contribution in [0.4, 0.5) is 10.5 Å². The van der Waals surface area contributed by atoms with Gasteiger partial charge in [0.1, 0.15) is 12.1 Å². The third-order valence-electron chi connectivity index (χ3n) is 5.58. The van der Waals surface area contributed by atoms with Crippen LogP contribution in [0.3, 0.4) is 0 Å². The van der Waals surface area contributed by atoms with Gasteiger partial charge in [0, 0.05) is 12.2 Å². The number of rotatable bonds is 5. The number of para-hydroxylation sites is 1. The standard InChI is InChI=1S/C24H29N3O3/c1-6-26(19-10-8-7-9-11-19)20(28)16-27-21(29)24(5,25-22(27)30)18-14-12-17(13-15-18)23(2,3)4/h7-15H,6,16H2,1-5H3,(H,25,30). The lowest BCUT2D eigenvalue weighted by atomic mass is 9.84. The highest BCUT2D eigenvalue weighted by Gasteiger charge is 2.49. The SMILES string of the molecule is CCN(C(=O)CN1C(=O)NC(C)(c2ccc(C(C)(C)C)cc2)C1=O)c1ccccc1. The minimum atomic E-state index is -1.20. The Morgan fingerprint density at radius 3 is 2.17 bits per heavy atom. The molecule has 2 aromatic rings. The van der Waals surface area contributed by atoms with Crippen LogP contribution in [-0.4, -0.2) is 35.8 Å². The fourth-order valence-corrected chi connectivity index (χ4v) is 3.67. The maximum absolute atomic E-state index is 13.2. The van der Waals surface area contributed by atoms with Gasteiger partial charge >= 0.3 is 6.03 Å². The zero-order valence-electron chi connectivity index (χ0n) is 18.2. The van der Waals surface area contributed by atoms with Crippen molar-refractivity contribution in [2.24, 2.45) is 0 Å². The molecule has 158 valence electrons. The van der Waals surface area contributed by atoms with E-state index in [2.05, 4.69) is 26.1 Å². The van der Waals surface area contributed by atoms with Crippen LogP contribution in [0.15, 0.2) is 54.6 Å². The van der Waals surface area contributed by atoms with E-state index in [4.69, 9.17) is 0 Å². The third kappa shape index (κ3) is 3.95. The summed E-state index contributed by atoms with van der Waals surface area (Å²) in [5.41, 5.74) is 1.36. The van der Waals surface area contributed by atoms with Crippen molar-refractivity contribution < 1.29 is 14.4 Å². The predicted octanol–water partition coefficient (Wildman–Crippen LogP) is 3.80. The number of nitrogens with one attached hydrogen (secondary N) is 1. The maximum atomic E-state index is 13.2. The monoisotopic (exact) mass is 407 g/mol. The molecule has 0 aromatic heterocycles. The zero-order chi connectivity index (χ0) is 22.1. The number of anilines is 1. The largest absolute Gasteiger partial charge is 0.325 e. The van der Waals surface area contributed by atoms with Crippen molar-refractivity contribution >= 4 is 23.5 Å². The van der Waals surface area contributed by atoms with Crippen molar-refractivity contribution in [2.45, 2.75) is 45.6 Å². The second-order valence-electron chi connectivity index (χ2n) is 8.75. The van der Waals surface area contributed by atoms with Crippen LogP contribution in [-0.2, 0) is 20.5 Å². The van der Waals surface area contributed by atoms with Gasteiger partial charge in [0.15, 0.2) is 0 Å². The van der Waals surface area contributed by atoms with Gasteiger partial charge in [-0.25, -0.2) is 4.79 Å². The number of urea groups is 1. The molecule has 0 spiro atoms. The maximum Gasteiger partial charge on any atom is 0.325 e. The molecule has 30 heavy (non-hydrogen) atoms. The van der Waals surface area contributed by atoms with Gasteiger partial charge in [-0.2, -0.15) is 0 Å². The fourth-order valence-electron chi connectivity index (χ4n) is 3.67. The smallest absolute Gasteiger partial charge is 0.319 e. The molecular formula is C24H29N3O3. The van der Waals surface area contributed by atoms with E-state index in [1.165, 1.54) is 0 Å². The summed E-state index contributed by atoms with van der Waals surface area (Å²) in [7, 11) is 0. The lowest BCUT2D eigenvalue weighted by Gasteiger charge is -2.25. The highest BCUT2D eigenvalue weighted by Crippen LogP contribution is 2.31. The first-order valence-corrected chi connectivity index (χ1v) is 10.2. The van der Waals surface area contributed by atoms with Crippen LogP contribution in [0.25, 0.3) is 0 Å². The molecule has 6 heteroatoms. The summed E-state index contributed by atoms with van der Waals surface area (Å²) in [6.07, 6.45) is 0. The van der Waals surface area contributed by atoms with E-state index in [0.29, 0.717) is 12.1 Å². The van der Waals surface area contributed by atoms with E-state index in [0.717, 1.165) is 16.2 Å². The van der Waals surface area contributed by atoms with E-state index < -0.39 is 17.5 Å². The Bertz CT molecular complexity index is 948. The van der Waals surface area contributed by atoms with Crippen LogP contribution < -0.4 is 10.2 Å². The van der Waals surface area contributed by atoms with Crippen molar-refractivity contribution in [2.75, 3.05) is 18.0 Å². The summed E-state index contributed by atoms with van der Waals surface area (Å²) < 4.78 is 0. The normalized spacial score (nSPS) is 19.0. The van der Waals surface area contributed by atoms with Gasteiger partial charge in [0.2, 0.25) is 5.91 Å². The number of carbonyl (C=O) groups excluding carboxylic acids is 3. The Kier molecular flexibility index (Phi) is 5.70. The minimum Gasteiger partial charge on any atom is -0.319 e. The van der Waals surface area contributed by atoms with Gasteiger partial charge < -0.3 is 10.2 Å². The fraction of sp³-hybridized carbons (Fsp3) is 0.375. The molecule has 0 radical (unpaired) electrons. The molecule has 1 fully saturated rings. The molecule has 2 aromatic carbocycles. The highest BCUT2D eigenvalue weighted by atomic mass is 16.2. The molecule has 4 amide bonds. The number of nitrogens with zero attached hydrogens (tertiary/aromatic N) is 2. The average molecular weight is 408 g/mol. The summed E-state index contributed by atoms with van der Waals surface area (Å²) in [5, 5.41) is 2.77. The molecule has 3 rings (SSSR count). The summed E-state index contributed by atoms with van der Waals surface area (Å²) in [6.45, 7) is 10.0. The average Bonchev–Trinajstić information content (AvgIpc) is 2.93. The zero-order valence-corrected chi connectivity index (χ0v) is 18.2. The molecule has 1 heterocycles. The summed E-state index contributed by atoms with van der Waals surface area (Å²) in [4.78, 5) is 41.2. The Morgan fingerprint density at radius 2 is 1.63 bits per heavy atom. The minimum absolute atomic E-state index is 0.0120. The number of likely N-dealkylation sites (N-methyl/N-ethyl adjacent to an activating group) is 1. The van der Waals surface area contributed by atoms with Gasteiger partial charge in [0.25, 0.3) is 5.91 Å². The van der Waals surface area contributed by atoms with Crippen LogP contribution >= 0.6 is 0 Å². The van der Waals surface area contributed by atoms with Crippen LogP contribution in [0.5, 0.6) is 0 Å². The summed E-state index contributed by atoms with van der Waals surface area (Å²) in [6, 6.07) is 16.3. The van der Waals surface area contributed by atoms with Crippen molar-refractivity contribution in [3.05, 3.63) is 65.7 Å². The number of amides is 4. The molecule has 6 nitrogen and oxygen atoms in total. The summed E-state index contributed by atoms with van der Waals surface area (Å²) >= 11 is 0. The second-order valence-corrected chi connectivity index (χ2v) is 8.75. The lowest BCUT2D eigenvalue weighted by molar-refractivity contribution is -0.134. The van der Waals surface area contributed by atoms with Crippen LogP contribution in [0, 0.1) is 0 Å². The van der Waals surface area contributed by atoms with Crippen molar-refractivity contribution in [3.8, 4) is 0 Å². The van der Waals surface area contributed by atoms with E-state index in [1.807, 2.05) is 61.5 Å². The first kappa shape index (κ1) is 21.6. The van der Waals surface area contributed by atoms with Gasteiger partial charge in [0.05, 0.1) is 0 Å². The van der Waals surface area contributed by atoms with E-state index in [1.54, 1.807) is 11.8 Å². The van der Waals surface area contributed by atoms with Gasteiger partial charge in [-0.15, -0.1) is 0 Å². The number of carbonyl (C=O) groups is 3. The quantitative estimate of drug-likeness (QED) is 0.767. The molecular weight excluding hydrogens is 378 g/mol. The second kappa shape index (κ2) is 7.94. The lowest BCUT2D eigenvalue weighted by Crippen LogP contribution is -2.44. The molecule has 1 atom stereocenters.